The molecule has 2 rings (SSSR count). The number of nitrogens with zero attached hydrogens (tertiary/aromatic N) is 2. The van der Waals surface area contributed by atoms with Gasteiger partial charge in [0.2, 0.25) is 0 Å². The first-order valence-electron chi connectivity index (χ1n) is 3.96. The van der Waals surface area contributed by atoms with Crippen molar-refractivity contribution in [3.63, 3.8) is 0 Å². The van der Waals surface area contributed by atoms with Gasteiger partial charge in [0, 0.05) is 11.5 Å². The highest BCUT2D eigenvalue weighted by atomic mass is 79.9. The second-order valence-corrected chi connectivity index (χ2v) is 3.62. The Hall–Kier alpha value is -1.36. The number of hydrogen-bond acceptors (Lipinski definition) is 4. The average Bonchev–Trinajstić information content (AvgIpc) is 2.19. The predicted octanol–water partition coefficient (Wildman–Crippen LogP) is 1.98. The first kappa shape index (κ1) is 9.21. The molecule has 0 aliphatic rings. The summed E-state index contributed by atoms with van der Waals surface area (Å²) >= 11 is 3.38. The number of methoxy groups -OCH3 is 1. The summed E-state index contributed by atoms with van der Waals surface area (Å²) in [5.41, 5.74) is 6.48. The number of hydrogen-bond donors (Lipinski definition) is 1. The van der Waals surface area contributed by atoms with Gasteiger partial charge in [-0.3, -0.25) is 0 Å². The fourth-order valence-electron chi connectivity index (χ4n) is 1.23. The van der Waals surface area contributed by atoms with Crippen molar-refractivity contribution in [3.05, 3.63) is 22.9 Å². The Morgan fingerprint density at radius 1 is 1.36 bits per heavy atom. The zero-order chi connectivity index (χ0) is 10.1. The lowest BCUT2D eigenvalue weighted by atomic mass is 10.2. The highest BCUT2D eigenvalue weighted by Gasteiger charge is 2.06. The Morgan fingerprint density at radius 2 is 2.14 bits per heavy atom. The lowest BCUT2D eigenvalue weighted by Gasteiger charge is -2.05. The molecular formula is C9H8BrN3O. The van der Waals surface area contributed by atoms with Crippen molar-refractivity contribution < 1.29 is 4.74 Å². The van der Waals surface area contributed by atoms with E-state index in [1.54, 1.807) is 7.11 Å². The van der Waals surface area contributed by atoms with Crippen LogP contribution in [-0.4, -0.2) is 17.1 Å². The van der Waals surface area contributed by atoms with Gasteiger partial charge in [-0.05, 0) is 22.0 Å². The zero-order valence-corrected chi connectivity index (χ0v) is 9.08. The van der Waals surface area contributed by atoms with E-state index in [-0.39, 0.29) is 0 Å². The molecule has 0 atom stereocenters. The van der Waals surface area contributed by atoms with Crippen LogP contribution in [0.3, 0.4) is 0 Å². The molecular weight excluding hydrogens is 246 g/mol. The highest BCUT2D eigenvalue weighted by molar-refractivity contribution is 9.10. The Bertz CT molecular complexity index is 487. The van der Waals surface area contributed by atoms with Crippen LogP contribution >= 0.6 is 15.9 Å². The predicted molar refractivity (Wildman–Crippen MR) is 58.2 cm³/mol. The van der Waals surface area contributed by atoms with Crippen LogP contribution in [0.5, 0.6) is 5.75 Å². The lowest BCUT2D eigenvalue weighted by Crippen LogP contribution is -1.94. The molecule has 1 heterocycles. The molecule has 1 aromatic carbocycles. The minimum atomic E-state index is 0.471. The van der Waals surface area contributed by atoms with E-state index in [1.807, 2.05) is 12.1 Å². The molecule has 0 spiro atoms. The van der Waals surface area contributed by atoms with E-state index in [1.165, 1.54) is 6.33 Å². The molecule has 0 radical (unpaired) electrons. The largest absolute Gasteiger partial charge is 0.495 e. The lowest BCUT2D eigenvalue weighted by molar-refractivity contribution is 0.412. The maximum atomic E-state index is 5.70. The van der Waals surface area contributed by atoms with Crippen LogP contribution in [0.1, 0.15) is 0 Å². The summed E-state index contributed by atoms with van der Waals surface area (Å²) in [6.45, 7) is 0. The molecule has 4 nitrogen and oxygen atoms in total. The number of ether oxygens (including phenoxy) is 1. The molecule has 0 aliphatic heterocycles. The molecule has 0 bridgehead atoms. The van der Waals surface area contributed by atoms with E-state index >= 15 is 0 Å². The number of halogens is 1. The van der Waals surface area contributed by atoms with Gasteiger partial charge in [0.25, 0.3) is 0 Å². The van der Waals surface area contributed by atoms with E-state index in [2.05, 4.69) is 25.9 Å². The number of fused-ring (bicyclic) bond motifs is 1. The first-order chi connectivity index (χ1) is 6.72. The summed E-state index contributed by atoms with van der Waals surface area (Å²) in [5, 5.41) is 0.820. The fourth-order valence-corrected chi connectivity index (χ4v) is 1.74. The van der Waals surface area contributed by atoms with Gasteiger partial charge in [-0.25, -0.2) is 9.97 Å². The Labute approximate surface area is 89.2 Å². The van der Waals surface area contributed by atoms with Crippen molar-refractivity contribution in [1.29, 1.82) is 0 Å². The summed E-state index contributed by atoms with van der Waals surface area (Å²) < 4.78 is 5.99. The molecule has 2 N–H and O–H groups in total. The Kier molecular flexibility index (Phi) is 2.25. The number of anilines is 1. The van der Waals surface area contributed by atoms with E-state index < -0.39 is 0 Å². The third-order valence-electron chi connectivity index (χ3n) is 1.94. The number of rotatable bonds is 1. The van der Waals surface area contributed by atoms with Crippen LogP contribution in [0.15, 0.2) is 22.9 Å². The monoisotopic (exact) mass is 253 g/mol. The van der Waals surface area contributed by atoms with E-state index in [9.17, 15) is 0 Å². The molecule has 14 heavy (non-hydrogen) atoms. The molecule has 0 fully saturated rings. The Morgan fingerprint density at radius 3 is 2.86 bits per heavy atom. The maximum absolute atomic E-state index is 5.70. The van der Waals surface area contributed by atoms with Crippen molar-refractivity contribution in [2.75, 3.05) is 12.8 Å². The zero-order valence-electron chi connectivity index (χ0n) is 7.49. The normalized spacial score (nSPS) is 10.4. The van der Waals surface area contributed by atoms with E-state index in [0.717, 1.165) is 21.1 Å². The molecule has 5 heteroatoms. The van der Waals surface area contributed by atoms with Gasteiger partial charge in [-0.2, -0.15) is 0 Å². The average molecular weight is 254 g/mol. The third-order valence-corrected chi connectivity index (χ3v) is 2.56. The molecule has 0 unspecified atom stereocenters. The summed E-state index contributed by atoms with van der Waals surface area (Å²) in [7, 11) is 1.61. The number of nitrogens with two attached hydrogens (primary N) is 1. The third kappa shape index (κ3) is 1.39. The molecule has 2 aromatic rings. The van der Waals surface area contributed by atoms with Crippen molar-refractivity contribution >= 4 is 32.7 Å². The van der Waals surface area contributed by atoms with Gasteiger partial charge in [0.1, 0.15) is 17.9 Å². The summed E-state index contributed by atoms with van der Waals surface area (Å²) in [6.07, 6.45) is 1.44. The van der Waals surface area contributed by atoms with Crippen LogP contribution in [0, 0.1) is 0 Å². The SMILES string of the molecule is COc1cc2ncnc(N)c2cc1Br. The van der Waals surface area contributed by atoms with Gasteiger partial charge in [0.15, 0.2) is 0 Å². The number of benzene rings is 1. The smallest absolute Gasteiger partial charge is 0.135 e. The van der Waals surface area contributed by atoms with Crippen LogP contribution < -0.4 is 10.5 Å². The highest BCUT2D eigenvalue weighted by Crippen LogP contribution is 2.30. The van der Waals surface area contributed by atoms with Gasteiger partial charge >= 0.3 is 0 Å². The fraction of sp³-hybridized carbons (Fsp3) is 0.111. The molecule has 72 valence electrons. The van der Waals surface area contributed by atoms with Crippen LogP contribution in [0.2, 0.25) is 0 Å². The Balaban J connectivity index is 2.79. The molecule has 0 amide bonds. The minimum Gasteiger partial charge on any atom is -0.495 e. The van der Waals surface area contributed by atoms with Crippen molar-refractivity contribution in [3.8, 4) is 5.75 Å². The summed E-state index contributed by atoms with van der Waals surface area (Å²) in [5.74, 6) is 1.20. The summed E-state index contributed by atoms with van der Waals surface area (Å²) in [6, 6.07) is 3.67. The quantitative estimate of drug-likeness (QED) is 0.845. The molecule has 0 saturated carbocycles. The van der Waals surface area contributed by atoms with Crippen LogP contribution in [0.4, 0.5) is 5.82 Å². The first-order valence-corrected chi connectivity index (χ1v) is 4.75. The van der Waals surface area contributed by atoms with Gasteiger partial charge < -0.3 is 10.5 Å². The van der Waals surface area contributed by atoms with E-state index in [0.29, 0.717) is 5.82 Å². The van der Waals surface area contributed by atoms with Crippen LogP contribution in [-0.2, 0) is 0 Å². The van der Waals surface area contributed by atoms with Crippen molar-refractivity contribution in [2.24, 2.45) is 0 Å². The second-order valence-electron chi connectivity index (χ2n) is 2.76. The summed E-state index contributed by atoms with van der Waals surface area (Å²) in [4.78, 5) is 8.01. The van der Waals surface area contributed by atoms with Crippen LogP contribution in [0.25, 0.3) is 10.9 Å². The van der Waals surface area contributed by atoms with E-state index in [4.69, 9.17) is 10.5 Å². The van der Waals surface area contributed by atoms with Crippen molar-refractivity contribution in [1.82, 2.24) is 9.97 Å². The number of nitrogen functional groups attached to an aromatic ring is 1. The standard InChI is InChI=1S/C9H8BrN3O/c1-14-8-3-7-5(2-6(8)10)9(11)13-4-12-7/h2-4H,1H3,(H2,11,12,13). The topological polar surface area (TPSA) is 61.0 Å². The van der Waals surface area contributed by atoms with Gasteiger partial charge in [0.05, 0.1) is 17.1 Å². The molecule has 1 aromatic heterocycles. The molecule has 0 saturated heterocycles. The maximum Gasteiger partial charge on any atom is 0.135 e. The minimum absolute atomic E-state index is 0.471. The van der Waals surface area contributed by atoms with Gasteiger partial charge in [-0.15, -0.1) is 0 Å². The van der Waals surface area contributed by atoms with Crippen molar-refractivity contribution in [2.45, 2.75) is 0 Å². The molecule has 0 aliphatic carbocycles. The second kappa shape index (κ2) is 3.42. The van der Waals surface area contributed by atoms with Gasteiger partial charge in [-0.1, -0.05) is 0 Å². The number of aromatic nitrogens is 2.